The number of oxime groups is 2. The molecule has 0 spiro atoms. The minimum Gasteiger partial charge on any atom is -0.423 e. The summed E-state index contributed by atoms with van der Waals surface area (Å²) in [6.07, 6.45) is 0. The summed E-state index contributed by atoms with van der Waals surface area (Å²) in [6, 6.07) is -2.31. The number of thioether (sulfide) groups is 4. The van der Waals surface area contributed by atoms with E-state index in [1.165, 1.54) is 71.7 Å². The number of amides is 4. The maximum atomic E-state index is 14.2. The molecular formula is C39H40N16O12S6. The number of nitrogens with two attached hydrogens (primary N) is 2. The highest BCUT2D eigenvalue weighted by Crippen LogP contribution is 2.43. The van der Waals surface area contributed by atoms with Crippen molar-refractivity contribution >= 4 is 127 Å². The molecule has 0 aliphatic carbocycles. The highest BCUT2D eigenvalue weighted by molar-refractivity contribution is 8.01. The van der Waals surface area contributed by atoms with Gasteiger partial charge in [-0.25, -0.2) is 28.9 Å². The molecule has 2 saturated heterocycles. The van der Waals surface area contributed by atoms with Crippen LogP contribution in [0.2, 0.25) is 0 Å². The van der Waals surface area contributed by atoms with Gasteiger partial charge >= 0.3 is 11.9 Å². The first-order valence-corrected chi connectivity index (χ1v) is 26.8. The van der Waals surface area contributed by atoms with Gasteiger partial charge < -0.3 is 41.2 Å². The highest BCUT2D eigenvalue weighted by Gasteiger charge is 2.56. The lowest BCUT2D eigenvalue weighted by atomic mass is 10.0. The quantitative estimate of drug-likeness (QED) is 0.0225. The van der Waals surface area contributed by atoms with E-state index in [0.29, 0.717) is 11.1 Å². The average molecular weight is 1120 g/mol. The molecule has 34 heteroatoms. The molecule has 6 N–H and O–H groups in total. The zero-order valence-corrected chi connectivity index (χ0v) is 43.8. The summed E-state index contributed by atoms with van der Waals surface area (Å²) in [7, 11) is 5.62. The van der Waals surface area contributed by atoms with E-state index in [1.54, 1.807) is 14.1 Å². The van der Waals surface area contributed by atoms with Crippen molar-refractivity contribution in [1.82, 2.24) is 59.9 Å². The topological polar surface area (TPSA) is 368 Å². The van der Waals surface area contributed by atoms with Crippen LogP contribution in [-0.4, -0.2) is 163 Å². The van der Waals surface area contributed by atoms with Crippen LogP contribution in [0.5, 0.6) is 0 Å². The molecule has 2 fully saturated rings. The number of carbonyl (C=O) groups excluding carboxylic acids is 6. The van der Waals surface area contributed by atoms with E-state index >= 15 is 0 Å². The first-order chi connectivity index (χ1) is 34.9. The summed E-state index contributed by atoms with van der Waals surface area (Å²) >= 11 is 6.70. The Bertz CT molecular complexity index is 3000. The number of carbonyl (C=O) groups is 6. The third-order valence-corrected chi connectivity index (χ3v) is 16.9. The molecule has 4 aliphatic rings. The Balaban J connectivity index is 1.02. The van der Waals surface area contributed by atoms with Crippen LogP contribution in [-0.2, 0) is 62.0 Å². The number of thiazole rings is 2. The molecule has 0 bridgehead atoms. The van der Waals surface area contributed by atoms with E-state index < -0.39 is 76.3 Å². The number of nitrogen functional groups attached to an aromatic ring is 2. The van der Waals surface area contributed by atoms with Crippen molar-refractivity contribution in [2.75, 3.05) is 55.5 Å². The van der Waals surface area contributed by atoms with Crippen molar-refractivity contribution in [2.24, 2.45) is 24.4 Å². The van der Waals surface area contributed by atoms with Crippen molar-refractivity contribution in [2.45, 2.75) is 47.0 Å². The number of hydrogen-bond acceptors (Lipinski definition) is 28. The minimum atomic E-state index is -1.16. The number of β-lactam (4-membered cyclic amide) rings is 2. The number of nitrogens with zero attached hydrogens (tertiary/aromatic N) is 12. The predicted octanol–water partition coefficient (Wildman–Crippen LogP) is -1.30. The fraction of sp³-hybridized carbons (Fsp3) is 0.385. The normalized spacial score (nSPS) is 19.6. The molecule has 28 nitrogen and oxygen atoms in total. The summed E-state index contributed by atoms with van der Waals surface area (Å²) < 4.78 is 13.9. The van der Waals surface area contributed by atoms with Crippen molar-refractivity contribution in [3.05, 3.63) is 76.8 Å². The molecule has 73 heavy (non-hydrogen) atoms. The van der Waals surface area contributed by atoms with Gasteiger partial charge in [-0.3, -0.25) is 38.6 Å². The van der Waals surface area contributed by atoms with Gasteiger partial charge in [-0.2, -0.15) is 20.2 Å². The molecule has 4 atom stereocenters. The van der Waals surface area contributed by atoms with Gasteiger partial charge in [0.15, 0.2) is 32.0 Å². The second-order valence-electron chi connectivity index (χ2n) is 15.4. The second-order valence-corrected chi connectivity index (χ2v) is 21.3. The number of fused-ring (bicyclic) bond motifs is 2. The predicted molar refractivity (Wildman–Crippen MR) is 267 cm³/mol. The van der Waals surface area contributed by atoms with Crippen LogP contribution in [0.3, 0.4) is 0 Å². The van der Waals surface area contributed by atoms with Crippen LogP contribution in [0, 0.1) is 13.8 Å². The van der Waals surface area contributed by atoms with Gasteiger partial charge in [0.25, 0.3) is 34.7 Å². The van der Waals surface area contributed by atoms with Gasteiger partial charge in [-0.1, -0.05) is 33.8 Å². The third kappa shape index (κ3) is 10.8. The van der Waals surface area contributed by atoms with E-state index in [9.17, 15) is 38.4 Å². The maximum absolute atomic E-state index is 14.2. The molecular weight excluding hydrogens is 1080 g/mol. The summed E-state index contributed by atoms with van der Waals surface area (Å²) in [5, 5.41) is 23.2. The number of esters is 2. The average Bonchev–Trinajstić information content (AvgIpc) is 4.00. The molecule has 4 aromatic heterocycles. The zero-order chi connectivity index (χ0) is 52.4. The Labute approximate surface area is 436 Å². The number of nitrogens with one attached hydrogen (secondary N) is 2. The Morgan fingerprint density at radius 3 is 1.44 bits per heavy atom. The minimum absolute atomic E-state index is 0.0149. The molecule has 0 unspecified atom stereocenters. The number of aromatic nitrogens is 8. The number of aryl methyl sites for hydroxylation is 4. The van der Waals surface area contributed by atoms with E-state index in [0.717, 1.165) is 56.0 Å². The largest absolute Gasteiger partial charge is 0.423 e. The van der Waals surface area contributed by atoms with E-state index in [1.807, 2.05) is 0 Å². The van der Waals surface area contributed by atoms with E-state index in [2.05, 4.69) is 51.1 Å². The molecule has 0 saturated carbocycles. The van der Waals surface area contributed by atoms with Gasteiger partial charge in [0, 0.05) is 47.9 Å². The molecule has 8 rings (SSSR count). The van der Waals surface area contributed by atoms with Gasteiger partial charge in [0.1, 0.15) is 71.2 Å². The summed E-state index contributed by atoms with van der Waals surface area (Å²) in [6.45, 7) is 2.01. The molecule has 8 heterocycles. The van der Waals surface area contributed by atoms with Crippen LogP contribution in [0.15, 0.2) is 63.5 Å². The van der Waals surface area contributed by atoms with Gasteiger partial charge in [0.2, 0.25) is 6.79 Å². The summed E-state index contributed by atoms with van der Waals surface area (Å²) in [5.74, 6) is -4.90. The Hall–Kier alpha value is -6.88. The van der Waals surface area contributed by atoms with Crippen molar-refractivity contribution in [3.63, 3.8) is 0 Å². The number of ether oxygens (including phenoxy) is 2. The molecule has 384 valence electrons. The smallest absolute Gasteiger partial charge is 0.357 e. The first-order valence-electron chi connectivity index (χ1n) is 20.9. The second kappa shape index (κ2) is 22.1. The Morgan fingerprint density at radius 1 is 0.685 bits per heavy atom. The van der Waals surface area contributed by atoms with E-state index in [-0.39, 0.29) is 89.2 Å². The fourth-order valence-electron chi connectivity index (χ4n) is 7.30. The van der Waals surface area contributed by atoms with Crippen LogP contribution in [0.1, 0.15) is 22.8 Å². The monoisotopic (exact) mass is 1120 g/mol. The lowest BCUT2D eigenvalue weighted by Gasteiger charge is -2.50. The van der Waals surface area contributed by atoms with Crippen molar-refractivity contribution in [3.8, 4) is 0 Å². The number of anilines is 2. The Morgan fingerprint density at radius 2 is 1.08 bits per heavy atom. The van der Waals surface area contributed by atoms with Crippen LogP contribution in [0.4, 0.5) is 10.3 Å². The van der Waals surface area contributed by atoms with Gasteiger partial charge in [0.05, 0.1) is 0 Å². The number of rotatable bonds is 18. The SMILES string of the molecule is CON=C(C(=O)N[C@@H]1C(=O)N2C(C(=O)OCOC(=O)C3=C(CSc4nc(=O)c(C)nn4C)CS[C@@H]4[C@H](NC(=O)C(=NOC)c5csc(N)n5)C(=O)N34)=C(CSc3nc(=O)c(C)nn3C)CS[C@H]12)c1csc(N)n1. The molecule has 4 aliphatic heterocycles. The van der Waals surface area contributed by atoms with E-state index in [4.69, 9.17) is 30.6 Å². The van der Waals surface area contributed by atoms with Crippen LogP contribution in [0.25, 0.3) is 0 Å². The van der Waals surface area contributed by atoms with Crippen molar-refractivity contribution < 1.29 is 47.9 Å². The standard InChI is InChI=1S/C39H40N16O12S6/c1-14-26(56)46-38(52(3)48-14)72-9-16-7-68-32-22(44-28(58)20(50-64-5)18-11-70-36(40)42-18)30(60)54(32)24(16)34(62)66-13-67-35(63)25-17(10-73-39-47-27(57)15(2)49-53(39)4)8-69-33-23(31(61)55(25)33)45-29(59)21(51-65-6)19-12-71-37(41)43-19/h11-12,22-23,32-33H,7-10,13H2,1-6H3,(H2,40,42)(H2,41,43)(H,44,58)(H,45,59)/t22-,23-,32-,33-/m1/s1. The zero-order valence-electron chi connectivity index (χ0n) is 38.9. The third-order valence-electron chi connectivity index (χ3n) is 10.7. The van der Waals surface area contributed by atoms with Crippen molar-refractivity contribution in [1.29, 1.82) is 0 Å². The maximum Gasteiger partial charge on any atom is 0.357 e. The molecule has 0 aromatic carbocycles. The lowest BCUT2D eigenvalue weighted by molar-refractivity contribution is -0.168. The highest BCUT2D eigenvalue weighted by atomic mass is 32.2. The molecule has 0 radical (unpaired) electrons. The molecule has 4 amide bonds. The van der Waals surface area contributed by atoms with Crippen LogP contribution >= 0.6 is 69.7 Å². The Kier molecular flexibility index (Phi) is 15.9. The summed E-state index contributed by atoms with van der Waals surface area (Å²) in [4.78, 5) is 137. The summed E-state index contributed by atoms with van der Waals surface area (Å²) in [5.41, 5.74) is 10.8. The van der Waals surface area contributed by atoms with Gasteiger partial charge in [-0.05, 0) is 25.0 Å². The molecule has 4 aromatic rings. The number of hydrogen-bond donors (Lipinski definition) is 4. The first kappa shape index (κ1) is 52.4. The van der Waals surface area contributed by atoms with Gasteiger partial charge in [-0.15, -0.1) is 46.2 Å². The lowest BCUT2D eigenvalue weighted by Crippen LogP contribution is -2.71. The van der Waals surface area contributed by atoms with Crippen LogP contribution < -0.4 is 33.2 Å². The fourth-order valence-corrected chi connectivity index (χ4v) is 13.2.